The molecule has 5 heteroatoms. The molecule has 1 rings (SSSR count). The zero-order chi connectivity index (χ0) is 14.8. The number of hydrogen-bond acceptors (Lipinski definition) is 4. The minimum absolute atomic E-state index is 0.182. The molecule has 1 heterocycles. The van der Waals surface area contributed by atoms with Crippen molar-refractivity contribution in [2.75, 3.05) is 5.73 Å². The maximum Gasteiger partial charge on any atom is 0.180 e. The number of anilines is 1. The van der Waals surface area contributed by atoms with Crippen molar-refractivity contribution in [2.45, 2.75) is 34.6 Å². The normalized spacial score (nSPS) is 13.7. The van der Waals surface area contributed by atoms with Crippen molar-refractivity contribution < 1.29 is 0 Å². The summed E-state index contributed by atoms with van der Waals surface area (Å²) in [4.78, 5) is 9.70. The predicted molar refractivity (Wildman–Crippen MR) is 85.1 cm³/mol. The van der Waals surface area contributed by atoms with Crippen LogP contribution in [0.2, 0.25) is 0 Å². The van der Waals surface area contributed by atoms with Crippen molar-refractivity contribution in [3.05, 3.63) is 28.8 Å². The molecule has 0 unspecified atom stereocenters. The lowest BCUT2D eigenvalue weighted by Crippen LogP contribution is -2.28. The van der Waals surface area contributed by atoms with Gasteiger partial charge in [0.05, 0.1) is 16.3 Å². The van der Waals surface area contributed by atoms with E-state index in [9.17, 15) is 0 Å². The van der Waals surface area contributed by atoms with Gasteiger partial charge in [0.1, 0.15) is 5.84 Å². The lowest BCUT2D eigenvalue weighted by atomic mass is 9.95. The number of nitrogens with two attached hydrogens (primary N) is 2. The van der Waals surface area contributed by atoms with Gasteiger partial charge in [0.15, 0.2) is 5.13 Å². The second-order valence-electron chi connectivity index (χ2n) is 5.59. The topological polar surface area (TPSA) is 77.3 Å². The molecule has 0 saturated heterocycles. The maximum atomic E-state index is 6.05. The Bertz CT molecular complexity index is 544. The molecule has 0 amide bonds. The van der Waals surface area contributed by atoms with Gasteiger partial charge in [-0.25, -0.2) is 9.98 Å². The smallest absolute Gasteiger partial charge is 0.180 e. The quantitative estimate of drug-likeness (QED) is 0.505. The molecule has 0 spiro atoms. The number of nitrogen functional groups attached to an aromatic ring is 1. The van der Waals surface area contributed by atoms with Crippen LogP contribution in [0.1, 0.15) is 38.3 Å². The van der Waals surface area contributed by atoms with Crippen LogP contribution in [-0.4, -0.2) is 10.8 Å². The fourth-order valence-electron chi connectivity index (χ4n) is 1.33. The Morgan fingerprint density at radius 1 is 1.42 bits per heavy atom. The molecule has 0 fully saturated rings. The van der Waals surface area contributed by atoms with Crippen molar-refractivity contribution in [3.8, 4) is 0 Å². The Balaban J connectivity index is 3.33. The molecule has 1 aromatic rings. The van der Waals surface area contributed by atoms with Gasteiger partial charge in [0.25, 0.3) is 0 Å². The van der Waals surface area contributed by atoms with E-state index in [0.717, 1.165) is 21.8 Å². The molecule has 1 aromatic heterocycles. The standard InChI is InChI=1S/C14H22N4S/c1-8(2)7-10(18-12(15)14(4,5)6)11-9(3)17-13(16)19-11/h7H,1H2,2-6H3,(H2,15,18)(H2,16,17)/b10-7-. The average molecular weight is 278 g/mol. The van der Waals surface area contributed by atoms with E-state index in [1.807, 2.05) is 40.7 Å². The molecule has 0 aliphatic rings. The number of aliphatic imine (C=N–C) groups is 1. The first-order valence-corrected chi connectivity index (χ1v) is 6.88. The summed E-state index contributed by atoms with van der Waals surface area (Å²) in [6.07, 6.45) is 1.90. The predicted octanol–water partition coefficient (Wildman–Crippen LogP) is 3.35. The number of hydrogen-bond donors (Lipinski definition) is 2. The van der Waals surface area contributed by atoms with Crippen LogP contribution < -0.4 is 11.5 Å². The van der Waals surface area contributed by atoms with E-state index < -0.39 is 0 Å². The summed E-state index contributed by atoms with van der Waals surface area (Å²) in [6, 6.07) is 0. The third-order valence-electron chi connectivity index (χ3n) is 2.44. The van der Waals surface area contributed by atoms with Crippen molar-refractivity contribution in [3.63, 3.8) is 0 Å². The minimum atomic E-state index is -0.182. The summed E-state index contributed by atoms with van der Waals surface area (Å²) in [5.74, 6) is 0.575. The molecule has 0 bridgehead atoms. The molecule has 104 valence electrons. The van der Waals surface area contributed by atoms with Gasteiger partial charge < -0.3 is 11.5 Å². The number of thiazole rings is 1. The summed E-state index contributed by atoms with van der Waals surface area (Å²) in [7, 11) is 0. The molecule has 0 aromatic carbocycles. The Labute approximate surface area is 119 Å². The molecule has 0 aliphatic carbocycles. The van der Waals surface area contributed by atoms with Gasteiger partial charge in [-0.2, -0.15) is 0 Å². The van der Waals surface area contributed by atoms with Crippen LogP contribution in [0.5, 0.6) is 0 Å². The summed E-state index contributed by atoms with van der Waals surface area (Å²) >= 11 is 1.41. The number of aromatic nitrogens is 1. The Morgan fingerprint density at radius 2 is 2.00 bits per heavy atom. The van der Waals surface area contributed by atoms with Crippen LogP contribution >= 0.6 is 11.3 Å². The summed E-state index contributed by atoms with van der Waals surface area (Å²) in [5, 5.41) is 0.532. The SMILES string of the molecule is C=C(C)/C=C(\N=C(/N)C(C)(C)C)c1sc(N)nc1C. The highest BCUT2D eigenvalue weighted by molar-refractivity contribution is 7.16. The number of rotatable bonds is 3. The van der Waals surface area contributed by atoms with Crippen LogP contribution in [0, 0.1) is 12.3 Å². The molecular weight excluding hydrogens is 256 g/mol. The first-order valence-electron chi connectivity index (χ1n) is 6.06. The van der Waals surface area contributed by atoms with Crippen molar-refractivity contribution in [1.82, 2.24) is 4.98 Å². The first-order chi connectivity index (χ1) is 8.61. The van der Waals surface area contributed by atoms with Gasteiger partial charge in [-0.1, -0.05) is 44.3 Å². The lowest BCUT2D eigenvalue weighted by molar-refractivity contribution is 0.585. The maximum absolute atomic E-state index is 6.05. The summed E-state index contributed by atoms with van der Waals surface area (Å²) < 4.78 is 0. The van der Waals surface area contributed by atoms with E-state index in [0.29, 0.717) is 11.0 Å². The molecule has 0 radical (unpaired) electrons. The van der Waals surface area contributed by atoms with Gasteiger partial charge in [-0.3, -0.25) is 0 Å². The van der Waals surface area contributed by atoms with Gasteiger partial charge in [0, 0.05) is 5.41 Å². The van der Waals surface area contributed by atoms with Gasteiger partial charge in [-0.05, 0) is 19.9 Å². The highest BCUT2D eigenvalue weighted by Gasteiger charge is 2.18. The Morgan fingerprint density at radius 3 is 2.37 bits per heavy atom. The van der Waals surface area contributed by atoms with Crippen LogP contribution in [0.25, 0.3) is 5.70 Å². The highest BCUT2D eigenvalue weighted by Crippen LogP contribution is 2.30. The van der Waals surface area contributed by atoms with Crippen molar-refractivity contribution in [2.24, 2.45) is 16.1 Å². The van der Waals surface area contributed by atoms with Crippen molar-refractivity contribution >= 4 is 28.0 Å². The van der Waals surface area contributed by atoms with E-state index in [-0.39, 0.29) is 5.41 Å². The summed E-state index contributed by atoms with van der Waals surface area (Å²) in [6.45, 7) is 13.8. The third kappa shape index (κ3) is 4.21. The number of amidine groups is 1. The van der Waals surface area contributed by atoms with E-state index in [2.05, 4.69) is 16.6 Å². The fourth-order valence-corrected chi connectivity index (χ4v) is 2.13. The zero-order valence-electron chi connectivity index (χ0n) is 12.2. The first kappa shape index (κ1) is 15.4. The lowest BCUT2D eigenvalue weighted by Gasteiger charge is -2.17. The van der Waals surface area contributed by atoms with Gasteiger partial charge in [0.2, 0.25) is 0 Å². The molecule has 19 heavy (non-hydrogen) atoms. The number of allylic oxidation sites excluding steroid dienone is 2. The molecule has 0 atom stereocenters. The van der Waals surface area contributed by atoms with Crippen molar-refractivity contribution in [1.29, 1.82) is 0 Å². The minimum Gasteiger partial charge on any atom is -0.387 e. The van der Waals surface area contributed by atoms with Crippen LogP contribution in [0.4, 0.5) is 5.13 Å². The van der Waals surface area contributed by atoms with E-state index >= 15 is 0 Å². The van der Waals surface area contributed by atoms with E-state index in [1.54, 1.807) is 0 Å². The second-order valence-corrected chi connectivity index (χ2v) is 6.62. The zero-order valence-corrected chi connectivity index (χ0v) is 13.1. The Hall–Kier alpha value is -1.62. The molecular formula is C14H22N4S. The van der Waals surface area contributed by atoms with E-state index in [1.165, 1.54) is 11.3 Å². The summed E-state index contributed by atoms with van der Waals surface area (Å²) in [5.41, 5.74) is 14.2. The average Bonchev–Trinajstić information content (AvgIpc) is 2.54. The second kappa shape index (κ2) is 5.57. The highest BCUT2D eigenvalue weighted by atomic mass is 32.1. The molecule has 4 N–H and O–H groups in total. The molecule has 0 aliphatic heterocycles. The fraction of sp³-hybridized carbons (Fsp3) is 0.429. The molecule has 4 nitrogen and oxygen atoms in total. The number of aryl methyl sites for hydroxylation is 1. The monoisotopic (exact) mass is 278 g/mol. The third-order valence-corrected chi connectivity index (χ3v) is 3.45. The largest absolute Gasteiger partial charge is 0.387 e. The van der Waals surface area contributed by atoms with Gasteiger partial charge in [-0.15, -0.1) is 0 Å². The van der Waals surface area contributed by atoms with Crippen LogP contribution in [0.3, 0.4) is 0 Å². The molecule has 0 saturated carbocycles. The van der Waals surface area contributed by atoms with Crippen LogP contribution in [-0.2, 0) is 0 Å². The number of nitrogens with zero attached hydrogens (tertiary/aromatic N) is 2. The van der Waals surface area contributed by atoms with Crippen LogP contribution in [0.15, 0.2) is 23.2 Å². The Kier molecular flexibility index (Phi) is 4.52. The van der Waals surface area contributed by atoms with E-state index in [4.69, 9.17) is 11.5 Å². The van der Waals surface area contributed by atoms with Gasteiger partial charge >= 0.3 is 0 Å².